The highest BCUT2D eigenvalue weighted by Gasteiger charge is 2.11. The third kappa shape index (κ3) is 3.12. The summed E-state index contributed by atoms with van der Waals surface area (Å²) >= 11 is 1.27. The van der Waals surface area contributed by atoms with Crippen LogP contribution in [0.2, 0.25) is 0 Å². The molecule has 0 radical (unpaired) electrons. The molecule has 128 valence electrons. The molecule has 0 bridgehead atoms. The Morgan fingerprint density at radius 1 is 1.15 bits per heavy atom. The van der Waals surface area contributed by atoms with Gasteiger partial charge in [0.05, 0.1) is 4.53 Å². The van der Waals surface area contributed by atoms with Crippen molar-refractivity contribution in [1.82, 2.24) is 14.6 Å². The summed E-state index contributed by atoms with van der Waals surface area (Å²) in [4.78, 5) is 28.6. The van der Waals surface area contributed by atoms with Crippen LogP contribution >= 0.6 is 11.3 Å². The third-order valence-electron chi connectivity index (χ3n) is 3.63. The predicted octanol–water partition coefficient (Wildman–Crippen LogP) is 2.29. The van der Waals surface area contributed by atoms with Crippen LogP contribution < -0.4 is 14.8 Å². The second-order valence-electron chi connectivity index (χ2n) is 5.58. The van der Waals surface area contributed by atoms with Crippen molar-refractivity contribution >= 4 is 28.3 Å². The molecule has 2 aromatic heterocycles. The van der Waals surface area contributed by atoms with Gasteiger partial charge >= 0.3 is 5.97 Å². The van der Waals surface area contributed by atoms with E-state index in [1.165, 1.54) is 22.8 Å². The first-order valence-corrected chi connectivity index (χ1v) is 8.67. The molecule has 0 unspecified atom stereocenters. The van der Waals surface area contributed by atoms with Gasteiger partial charge in [-0.3, -0.25) is 9.59 Å². The first kappa shape index (κ1) is 16.2. The topological polar surface area (TPSA) is 73.6 Å². The van der Waals surface area contributed by atoms with E-state index in [4.69, 9.17) is 4.74 Å². The maximum Gasteiger partial charge on any atom is 0.308 e. The minimum absolute atomic E-state index is 0.224. The highest BCUT2D eigenvalue weighted by atomic mass is 32.1. The summed E-state index contributed by atoms with van der Waals surface area (Å²) in [7, 11) is 0. The number of rotatable bonds is 3. The number of carbonyl (C=O) groups is 1. The van der Waals surface area contributed by atoms with Crippen molar-refractivity contribution in [2.75, 3.05) is 0 Å². The Kier molecular flexibility index (Phi) is 4.06. The van der Waals surface area contributed by atoms with Crippen molar-refractivity contribution in [3.05, 3.63) is 75.0 Å². The van der Waals surface area contributed by atoms with Crippen LogP contribution in [0.5, 0.6) is 5.75 Å². The summed E-state index contributed by atoms with van der Waals surface area (Å²) in [5, 5.41) is 4.32. The molecule has 7 heteroatoms. The van der Waals surface area contributed by atoms with Crippen LogP contribution in [-0.4, -0.2) is 20.6 Å². The Morgan fingerprint density at radius 2 is 1.96 bits per heavy atom. The molecule has 0 atom stereocenters. The van der Waals surface area contributed by atoms with Gasteiger partial charge in [-0.2, -0.15) is 9.50 Å². The molecule has 26 heavy (non-hydrogen) atoms. The molecule has 0 N–H and O–H groups in total. The summed E-state index contributed by atoms with van der Waals surface area (Å²) in [5.41, 5.74) is 1.40. The number of fused-ring (bicyclic) bond motifs is 1. The van der Waals surface area contributed by atoms with Crippen LogP contribution in [0.4, 0.5) is 0 Å². The monoisotopic (exact) mass is 363 g/mol. The zero-order valence-corrected chi connectivity index (χ0v) is 14.6. The van der Waals surface area contributed by atoms with E-state index in [0.29, 0.717) is 21.1 Å². The zero-order valence-electron chi connectivity index (χ0n) is 13.7. The highest BCUT2D eigenvalue weighted by Crippen LogP contribution is 2.16. The van der Waals surface area contributed by atoms with Crippen LogP contribution in [0.3, 0.4) is 0 Å². The fourth-order valence-electron chi connectivity index (χ4n) is 2.53. The molecule has 4 aromatic rings. The summed E-state index contributed by atoms with van der Waals surface area (Å²) in [6, 6.07) is 16.5. The molecule has 0 amide bonds. The largest absolute Gasteiger partial charge is 0.427 e. The molecular weight excluding hydrogens is 350 g/mol. The van der Waals surface area contributed by atoms with Crippen molar-refractivity contribution in [3.63, 3.8) is 0 Å². The lowest BCUT2D eigenvalue weighted by atomic mass is 10.2. The van der Waals surface area contributed by atoms with Crippen LogP contribution in [0, 0.1) is 0 Å². The molecule has 0 spiro atoms. The molecule has 2 heterocycles. The summed E-state index contributed by atoms with van der Waals surface area (Å²) < 4.78 is 6.90. The summed E-state index contributed by atoms with van der Waals surface area (Å²) in [6.07, 6.45) is 1.73. The lowest BCUT2D eigenvalue weighted by Crippen LogP contribution is -2.23. The van der Waals surface area contributed by atoms with Gasteiger partial charge in [0, 0.05) is 12.5 Å². The van der Waals surface area contributed by atoms with Gasteiger partial charge in [0.1, 0.15) is 5.75 Å². The second-order valence-corrected chi connectivity index (χ2v) is 6.59. The molecule has 0 fully saturated rings. The van der Waals surface area contributed by atoms with E-state index in [2.05, 4.69) is 10.1 Å². The Labute approximate surface area is 152 Å². The van der Waals surface area contributed by atoms with E-state index in [1.54, 1.807) is 24.3 Å². The van der Waals surface area contributed by atoms with Crippen LogP contribution in [0.1, 0.15) is 12.5 Å². The maximum absolute atomic E-state index is 12.6. The SMILES string of the molecule is CC(=O)Oc1cccc(/C=c2\sc3nc(-c4ccccc4)nn3c2=O)c1. The number of hydrogen-bond donors (Lipinski definition) is 0. The van der Waals surface area contributed by atoms with Crippen molar-refractivity contribution in [2.24, 2.45) is 0 Å². The predicted molar refractivity (Wildman–Crippen MR) is 99.1 cm³/mol. The highest BCUT2D eigenvalue weighted by molar-refractivity contribution is 7.15. The van der Waals surface area contributed by atoms with Gasteiger partial charge in [0.2, 0.25) is 4.96 Å². The standard InChI is InChI=1S/C19H13N3O3S/c1-12(23)25-15-9-5-6-13(10-15)11-16-18(24)22-19(26-16)20-17(21-22)14-7-3-2-4-8-14/h2-11H,1H3/b16-11-. The van der Waals surface area contributed by atoms with Crippen molar-refractivity contribution < 1.29 is 9.53 Å². The first-order valence-electron chi connectivity index (χ1n) is 7.85. The Balaban J connectivity index is 1.75. The van der Waals surface area contributed by atoms with E-state index < -0.39 is 0 Å². The lowest BCUT2D eigenvalue weighted by molar-refractivity contribution is -0.131. The number of hydrogen-bond acceptors (Lipinski definition) is 6. The molecule has 0 saturated carbocycles. The van der Waals surface area contributed by atoms with Crippen LogP contribution in [-0.2, 0) is 4.79 Å². The fourth-order valence-corrected chi connectivity index (χ4v) is 3.44. The van der Waals surface area contributed by atoms with Crippen molar-refractivity contribution in [3.8, 4) is 17.1 Å². The number of aromatic nitrogens is 3. The molecule has 0 aliphatic carbocycles. The van der Waals surface area contributed by atoms with Gasteiger partial charge in [-0.05, 0) is 23.8 Å². The fraction of sp³-hybridized carbons (Fsp3) is 0.0526. The number of carbonyl (C=O) groups excluding carboxylic acids is 1. The Hall–Kier alpha value is -3.32. The third-order valence-corrected chi connectivity index (χ3v) is 4.59. The van der Waals surface area contributed by atoms with Gasteiger partial charge in [-0.25, -0.2) is 0 Å². The average Bonchev–Trinajstić information content (AvgIpc) is 3.16. The van der Waals surface area contributed by atoms with E-state index in [0.717, 1.165) is 11.1 Å². The minimum Gasteiger partial charge on any atom is -0.427 e. The van der Waals surface area contributed by atoms with Gasteiger partial charge in [0.15, 0.2) is 5.82 Å². The quantitative estimate of drug-likeness (QED) is 0.412. The van der Waals surface area contributed by atoms with Crippen LogP contribution in [0.15, 0.2) is 59.4 Å². The summed E-state index contributed by atoms with van der Waals surface area (Å²) in [6.45, 7) is 1.34. The zero-order chi connectivity index (χ0) is 18.1. The van der Waals surface area contributed by atoms with E-state index >= 15 is 0 Å². The second kappa shape index (κ2) is 6.53. The maximum atomic E-state index is 12.6. The van der Waals surface area contributed by atoms with Crippen molar-refractivity contribution in [2.45, 2.75) is 6.92 Å². The number of thiazole rings is 1. The van der Waals surface area contributed by atoms with Gasteiger partial charge < -0.3 is 4.74 Å². The van der Waals surface area contributed by atoms with Crippen molar-refractivity contribution in [1.29, 1.82) is 0 Å². The van der Waals surface area contributed by atoms with Gasteiger partial charge in [-0.15, -0.1) is 5.10 Å². The smallest absolute Gasteiger partial charge is 0.308 e. The number of ether oxygens (including phenoxy) is 1. The normalized spacial score (nSPS) is 11.8. The molecule has 0 aliphatic rings. The first-order chi connectivity index (χ1) is 12.6. The lowest BCUT2D eigenvalue weighted by Gasteiger charge is -2.01. The molecule has 0 saturated heterocycles. The molecule has 2 aromatic carbocycles. The van der Waals surface area contributed by atoms with Crippen LogP contribution in [0.25, 0.3) is 22.4 Å². The number of benzene rings is 2. The Morgan fingerprint density at radius 3 is 2.69 bits per heavy atom. The van der Waals surface area contributed by atoms with E-state index in [9.17, 15) is 9.59 Å². The molecule has 6 nitrogen and oxygen atoms in total. The molecular formula is C19H13N3O3S. The molecule has 0 aliphatic heterocycles. The van der Waals surface area contributed by atoms with Gasteiger partial charge in [0.25, 0.3) is 5.56 Å². The van der Waals surface area contributed by atoms with E-state index in [1.807, 2.05) is 36.4 Å². The van der Waals surface area contributed by atoms with Gasteiger partial charge in [-0.1, -0.05) is 53.8 Å². The minimum atomic E-state index is -0.390. The number of nitrogens with zero attached hydrogens (tertiary/aromatic N) is 3. The molecule has 4 rings (SSSR count). The van der Waals surface area contributed by atoms with E-state index in [-0.39, 0.29) is 11.5 Å². The summed E-state index contributed by atoms with van der Waals surface area (Å²) in [5.74, 6) is 0.570. The average molecular weight is 363 g/mol. The number of esters is 1. The Bertz CT molecular complexity index is 1210.